The van der Waals surface area contributed by atoms with Gasteiger partial charge < -0.3 is 9.47 Å². The van der Waals surface area contributed by atoms with Crippen molar-refractivity contribution in [3.8, 4) is 11.5 Å². The van der Waals surface area contributed by atoms with Gasteiger partial charge in [0.25, 0.3) is 5.91 Å². The van der Waals surface area contributed by atoms with Gasteiger partial charge in [0.1, 0.15) is 18.1 Å². The predicted octanol–water partition coefficient (Wildman–Crippen LogP) is 5.88. The number of ether oxygens (including phenoxy) is 2. The SMILES string of the molecule is Cc1ccc(C(C)C)c(OCC(=O)NN=Cc2cccc(OCc3ccc(Cl)cc3)c2)c1. The number of rotatable bonds is 9. The summed E-state index contributed by atoms with van der Waals surface area (Å²) in [5.41, 5.74) is 6.48. The molecule has 1 amide bonds. The molecule has 0 aliphatic rings. The van der Waals surface area contributed by atoms with Gasteiger partial charge in [0.2, 0.25) is 0 Å². The lowest BCUT2D eigenvalue weighted by atomic mass is 10.0. The minimum atomic E-state index is -0.326. The molecule has 0 aliphatic carbocycles. The molecule has 0 aromatic heterocycles. The van der Waals surface area contributed by atoms with Crippen molar-refractivity contribution in [3.05, 3.63) is 94.0 Å². The van der Waals surface area contributed by atoms with Crippen LogP contribution < -0.4 is 14.9 Å². The van der Waals surface area contributed by atoms with Crippen molar-refractivity contribution in [2.24, 2.45) is 5.10 Å². The van der Waals surface area contributed by atoms with E-state index >= 15 is 0 Å². The lowest BCUT2D eigenvalue weighted by Crippen LogP contribution is -2.25. The van der Waals surface area contributed by atoms with E-state index in [1.807, 2.05) is 73.7 Å². The van der Waals surface area contributed by atoms with Crippen LogP contribution in [0.3, 0.4) is 0 Å². The third-order valence-electron chi connectivity index (χ3n) is 4.73. The van der Waals surface area contributed by atoms with Crippen LogP contribution in [0.5, 0.6) is 11.5 Å². The van der Waals surface area contributed by atoms with Crippen LogP contribution in [-0.4, -0.2) is 18.7 Å². The van der Waals surface area contributed by atoms with Gasteiger partial charge in [0, 0.05) is 5.02 Å². The van der Waals surface area contributed by atoms with Crippen molar-refractivity contribution in [1.82, 2.24) is 5.43 Å². The van der Waals surface area contributed by atoms with Gasteiger partial charge in [0.05, 0.1) is 6.21 Å². The third-order valence-corrected chi connectivity index (χ3v) is 4.98. The molecule has 32 heavy (non-hydrogen) atoms. The molecule has 0 unspecified atom stereocenters. The van der Waals surface area contributed by atoms with Gasteiger partial charge in [-0.1, -0.05) is 61.8 Å². The molecule has 3 rings (SSSR count). The average molecular weight is 451 g/mol. The van der Waals surface area contributed by atoms with Crippen LogP contribution in [0.25, 0.3) is 0 Å². The molecule has 3 aromatic carbocycles. The van der Waals surface area contributed by atoms with Crippen molar-refractivity contribution in [2.45, 2.75) is 33.3 Å². The highest BCUT2D eigenvalue weighted by Crippen LogP contribution is 2.27. The Morgan fingerprint density at radius 3 is 2.59 bits per heavy atom. The Morgan fingerprint density at radius 1 is 1.06 bits per heavy atom. The maximum Gasteiger partial charge on any atom is 0.277 e. The van der Waals surface area contributed by atoms with Crippen molar-refractivity contribution < 1.29 is 14.3 Å². The maximum atomic E-state index is 12.1. The Hall–Kier alpha value is -3.31. The lowest BCUT2D eigenvalue weighted by Gasteiger charge is -2.14. The molecule has 5 nitrogen and oxygen atoms in total. The zero-order chi connectivity index (χ0) is 22.9. The number of carbonyl (C=O) groups is 1. The number of hydrogen-bond donors (Lipinski definition) is 1. The Morgan fingerprint density at radius 2 is 1.84 bits per heavy atom. The topological polar surface area (TPSA) is 59.9 Å². The number of amides is 1. The molecular formula is C26H27ClN2O3. The number of nitrogens with zero attached hydrogens (tertiary/aromatic N) is 1. The first-order valence-corrected chi connectivity index (χ1v) is 10.8. The quantitative estimate of drug-likeness (QED) is 0.327. The molecular weight excluding hydrogens is 424 g/mol. The van der Waals surface area contributed by atoms with E-state index in [9.17, 15) is 4.79 Å². The normalized spacial score (nSPS) is 11.0. The number of aryl methyl sites for hydroxylation is 1. The molecule has 0 saturated carbocycles. The van der Waals surface area contributed by atoms with Crippen LogP contribution in [0.4, 0.5) is 0 Å². The number of halogens is 1. The summed E-state index contributed by atoms with van der Waals surface area (Å²) < 4.78 is 11.5. The first kappa shape index (κ1) is 23.4. The first-order valence-electron chi connectivity index (χ1n) is 10.4. The summed E-state index contributed by atoms with van der Waals surface area (Å²) in [6.07, 6.45) is 1.57. The van der Waals surface area contributed by atoms with E-state index in [-0.39, 0.29) is 12.5 Å². The fourth-order valence-electron chi connectivity index (χ4n) is 3.03. The third kappa shape index (κ3) is 7.13. The number of carbonyl (C=O) groups excluding carboxylic acids is 1. The fourth-order valence-corrected chi connectivity index (χ4v) is 3.16. The number of hydrazone groups is 1. The second kappa shape index (κ2) is 11.3. The van der Waals surface area contributed by atoms with Crippen molar-refractivity contribution in [1.29, 1.82) is 0 Å². The summed E-state index contributed by atoms with van der Waals surface area (Å²) in [7, 11) is 0. The summed E-state index contributed by atoms with van der Waals surface area (Å²) in [5.74, 6) is 1.41. The molecule has 166 valence electrons. The minimum absolute atomic E-state index is 0.106. The molecule has 0 aliphatic heterocycles. The summed E-state index contributed by atoms with van der Waals surface area (Å²) in [4.78, 5) is 12.1. The smallest absolute Gasteiger partial charge is 0.277 e. The molecule has 0 heterocycles. The van der Waals surface area contributed by atoms with Crippen LogP contribution in [0.2, 0.25) is 5.02 Å². The van der Waals surface area contributed by atoms with Crippen molar-refractivity contribution in [2.75, 3.05) is 6.61 Å². The second-order valence-corrected chi connectivity index (χ2v) is 8.20. The zero-order valence-electron chi connectivity index (χ0n) is 18.5. The number of nitrogens with one attached hydrogen (secondary N) is 1. The summed E-state index contributed by atoms with van der Waals surface area (Å²) in [5, 5.41) is 4.72. The van der Waals surface area contributed by atoms with Gasteiger partial charge in [-0.25, -0.2) is 5.43 Å². The maximum absolute atomic E-state index is 12.1. The highest BCUT2D eigenvalue weighted by molar-refractivity contribution is 6.30. The Labute approximate surface area is 194 Å². The van der Waals surface area contributed by atoms with E-state index in [1.165, 1.54) is 0 Å². The second-order valence-electron chi connectivity index (χ2n) is 7.77. The van der Waals surface area contributed by atoms with E-state index in [0.717, 1.165) is 28.0 Å². The lowest BCUT2D eigenvalue weighted by molar-refractivity contribution is -0.123. The summed E-state index contributed by atoms with van der Waals surface area (Å²) in [6, 6.07) is 21.0. The van der Waals surface area contributed by atoms with E-state index in [1.54, 1.807) is 6.21 Å². The number of hydrogen-bond acceptors (Lipinski definition) is 4. The van der Waals surface area contributed by atoms with Crippen LogP contribution in [0.1, 0.15) is 42.0 Å². The summed E-state index contributed by atoms with van der Waals surface area (Å²) in [6.45, 7) is 6.51. The molecule has 0 radical (unpaired) electrons. The molecule has 0 fully saturated rings. The molecule has 3 aromatic rings. The summed E-state index contributed by atoms with van der Waals surface area (Å²) >= 11 is 5.90. The van der Waals surface area contributed by atoms with E-state index in [2.05, 4.69) is 24.4 Å². The van der Waals surface area contributed by atoms with Crippen LogP contribution in [0, 0.1) is 6.92 Å². The Bertz CT molecular complexity index is 1080. The van der Waals surface area contributed by atoms with Gasteiger partial charge in [-0.3, -0.25) is 4.79 Å². The average Bonchev–Trinajstić information content (AvgIpc) is 2.77. The Balaban J connectivity index is 1.50. The van der Waals surface area contributed by atoms with Crippen LogP contribution >= 0.6 is 11.6 Å². The molecule has 0 bridgehead atoms. The molecule has 1 N–H and O–H groups in total. The largest absolute Gasteiger partial charge is 0.489 e. The Kier molecular flexibility index (Phi) is 8.28. The highest BCUT2D eigenvalue weighted by Gasteiger charge is 2.10. The van der Waals surface area contributed by atoms with Gasteiger partial charge in [-0.05, 0) is 65.4 Å². The predicted molar refractivity (Wildman–Crippen MR) is 129 cm³/mol. The molecule has 6 heteroatoms. The highest BCUT2D eigenvalue weighted by atomic mass is 35.5. The van der Waals surface area contributed by atoms with Crippen LogP contribution in [-0.2, 0) is 11.4 Å². The minimum Gasteiger partial charge on any atom is -0.489 e. The van der Waals surface area contributed by atoms with Gasteiger partial charge >= 0.3 is 0 Å². The van der Waals surface area contributed by atoms with E-state index in [4.69, 9.17) is 21.1 Å². The van der Waals surface area contributed by atoms with Crippen molar-refractivity contribution in [3.63, 3.8) is 0 Å². The zero-order valence-corrected chi connectivity index (χ0v) is 19.2. The fraction of sp³-hybridized carbons (Fsp3) is 0.231. The van der Waals surface area contributed by atoms with Crippen LogP contribution in [0.15, 0.2) is 71.8 Å². The van der Waals surface area contributed by atoms with E-state index in [0.29, 0.717) is 23.3 Å². The molecule has 0 spiro atoms. The standard InChI is InChI=1S/C26H27ClN2O3/c1-18(2)24-12-7-19(3)13-25(24)32-17-26(30)29-28-15-21-5-4-6-23(14-21)31-16-20-8-10-22(27)11-9-20/h4-15,18H,16-17H2,1-3H3,(H,29,30). The van der Waals surface area contributed by atoms with Crippen molar-refractivity contribution >= 4 is 23.7 Å². The first-order chi connectivity index (χ1) is 15.4. The monoisotopic (exact) mass is 450 g/mol. The van der Waals surface area contributed by atoms with Gasteiger partial charge in [0.15, 0.2) is 6.61 Å². The molecule has 0 atom stereocenters. The van der Waals surface area contributed by atoms with E-state index < -0.39 is 0 Å². The van der Waals surface area contributed by atoms with Gasteiger partial charge in [-0.2, -0.15) is 5.10 Å². The van der Waals surface area contributed by atoms with Gasteiger partial charge in [-0.15, -0.1) is 0 Å². The molecule has 0 saturated heterocycles. The number of benzene rings is 3.